The zero-order valence-corrected chi connectivity index (χ0v) is 13.3. The third-order valence-corrected chi connectivity index (χ3v) is 3.49. The lowest BCUT2D eigenvalue weighted by molar-refractivity contribution is -0.128. The first-order valence-electron chi connectivity index (χ1n) is 7.41. The third kappa shape index (κ3) is 5.11. The minimum Gasteiger partial charge on any atom is -0.481 e. The summed E-state index contributed by atoms with van der Waals surface area (Å²) in [5, 5.41) is 3.54. The van der Waals surface area contributed by atoms with Crippen LogP contribution in [0.2, 0.25) is 5.02 Å². The van der Waals surface area contributed by atoms with Gasteiger partial charge in [0, 0.05) is 18.0 Å². The molecule has 1 aromatic heterocycles. The lowest BCUT2D eigenvalue weighted by atomic mass is 10.2. The van der Waals surface area contributed by atoms with Crippen molar-refractivity contribution in [1.82, 2.24) is 5.32 Å². The summed E-state index contributed by atoms with van der Waals surface area (Å²) in [7, 11) is 0. The molecule has 0 bridgehead atoms. The van der Waals surface area contributed by atoms with Gasteiger partial charge >= 0.3 is 0 Å². The maximum Gasteiger partial charge on any atom is 0.261 e. The van der Waals surface area contributed by atoms with Crippen molar-refractivity contribution in [2.75, 3.05) is 6.54 Å². The SMILES string of the molecule is CCC(Oc1ccc(Cl)cc1)C(=O)NCCCc1ccco1. The molecule has 1 unspecified atom stereocenters. The van der Waals surface area contributed by atoms with E-state index < -0.39 is 6.10 Å². The molecule has 0 aliphatic heterocycles. The monoisotopic (exact) mass is 321 g/mol. The van der Waals surface area contributed by atoms with Crippen LogP contribution in [0.5, 0.6) is 5.75 Å². The van der Waals surface area contributed by atoms with Crippen LogP contribution in [0.1, 0.15) is 25.5 Å². The second-order valence-corrected chi connectivity index (χ2v) is 5.38. The van der Waals surface area contributed by atoms with E-state index in [2.05, 4.69) is 5.32 Å². The molecular weight excluding hydrogens is 302 g/mol. The van der Waals surface area contributed by atoms with Crippen molar-refractivity contribution in [3.05, 3.63) is 53.4 Å². The summed E-state index contributed by atoms with van der Waals surface area (Å²) in [6.45, 7) is 2.52. The first-order chi connectivity index (χ1) is 10.7. The Kier molecular flexibility index (Phi) is 6.34. The Labute approximate surface area is 135 Å². The molecule has 1 N–H and O–H groups in total. The zero-order chi connectivity index (χ0) is 15.8. The molecule has 1 amide bonds. The standard InChI is InChI=1S/C17H20ClNO3/c1-2-16(22-15-9-7-13(18)8-10-15)17(20)19-11-3-5-14-6-4-12-21-14/h4,6-10,12,16H,2-3,5,11H2,1H3,(H,19,20). The fourth-order valence-corrected chi connectivity index (χ4v) is 2.17. The van der Waals surface area contributed by atoms with Crippen LogP contribution in [0.4, 0.5) is 0 Å². The Hall–Kier alpha value is -1.94. The van der Waals surface area contributed by atoms with Crippen molar-refractivity contribution in [3.8, 4) is 5.75 Å². The molecule has 0 spiro atoms. The van der Waals surface area contributed by atoms with Crippen LogP contribution >= 0.6 is 11.6 Å². The lowest BCUT2D eigenvalue weighted by Crippen LogP contribution is -2.38. The largest absolute Gasteiger partial charge is 0.481 e. The molecule has 0 fully saturated rings. The highest BCUT2D eigenvalue weighted by Gasteiger charge is 2.17. The van der Waals surface area contributed by atoms with Crippen LogP contribution in [-0.2, 0) is 11.2 Å². The lowest BCUT2D eigenvalue weighted by Gasteiger charge is -2.17. The van der Waals surface area contributed by atoms with E-state index in [0.717, 1.165) is 18.6 Å². The molecule has 1 atom stereocenters. The number of amides is 1. The van der Waals surface area contributed by atoms with Crippen molar-refractivity contribution in [3.63, 3.8) is 0 Å². The highest BCUT2D eigenvalue weighted by atomic mass is 35.5. The van der Waals surface area contributed by atoms with Crippen LogP contribution in [0, 0.1) is 0 Å². The first-order valence-corrected chi connectivity index (χ1v) is 7.79. The number of halogens is 1. The Balaban J connectivity index is 1.75. The van der Waals surface area contributed by atoms with Gasteiger partial charge in [0.25, 0.3) is 5.91 Å². The van der Waals surface area contributed by atoms with Crippen LogP contribution in [0.25, 0.3) is 0 Å². The quantitative estimate of drug-likeness (QED) is 0.752. The van der Waals surface area contributed by atoms with Crippen LogP contribution in [0.3, 0.4) is 0 Å². The molecule has 4 nitrogen and oxygen atoms in total. The van der Waals surface area contributed by atoms with Gasteiger partial charge in [-0.1, -0.05) is 18.5 Å². The number of nitrogens with one attached hydrogen (secondary N) is 1. The van der Waals surface area contributed by atoms with Gasteiger partial charge in [0.05, 0.1) is 6.26 Å². The highest BCUT2D eigenvalue weighted by Crippen LogP contribution is 2.17. The van der Waals surface area contributed by atoms with Crippen LogP contribution in [0.15, 0.2) is 47.1 Å². The molecule has 5 heteroatoms. The van der Waals surface area contributed by atoms with Crippen LogP contribution in [-0.4, -0.2) is 18.6 Å². The topological polar surface area (TPSA) is 51.5 Å². The highest BCUT2D eigenvalue weighted by molar-refractivity contribution is 6.30. The second kappa shape index (κ2) is 8.49. The van der Waals surface area contributed by atoms with Gasteiger partial charge in [0.15, 0.2) is 6.10 Å². The Morgan fingerprint density at radius 3 is 2.73 bits per heavy atom. The number of aryl methyl sites for hydroxylation is 1. The predicted octanol–water partition coefficient (Wildman–Crippen LogP) is 3.84. The van der Waals surface area contributed by atoms with Gasteiger partial charge < -0.3 is 14.5 Å². The maximum absolute atomic E-state index is 12.1. The Morgan fingerprint density at radius 1 is 1.32 bits per heavy atom. The number of carbonyl (C=O) groups is 1. The average molecular weight is 322 g/mol. The number of hydrogen-bond acceptors (Lipinski definition) is 3. The van der Waals surface area contributed by atoms with E-state index >= 15 is 0 Å². The van der Waals surface area contributed by atoms with E-state index in [0.29, 0.717) is 23.7 Å². The van der Waals surface area contributed by atoms with E-state index in [9.17, 15) is 4.79 Å². The fraction of sp³-hybridized carbons (Fsp3) is 0.353. The van der Waals surface area contributed by atoms with Gasteiger partial charge in [-0.25, -0.2) is 0 Å². The second-order valence-electron chi connectivity index (χ2n) is 4.94. The van der Waals surface area contributed by atoms with Crippen molar-refractivity contribution >= 4 is 17.5 Å². The Bertz CT molecular complexity index is 566. The summed E-state index contributed by atoms with van der Waals surface area (Å²) in [5.41, 5.74) is 0. The number of hydrogen-bond donors (Lipinski definition) is 1. The van der Waals surface area contributed by atoms with E-state index in [-0.39, 0.29) is 5.91 Å². The van der Waals surface area contributed by atoms with Crippen LogP contribution < -0.4 is 10.1 Å². The molecule has 0 aliphatic rings. The molecule has 0 saturated heterocycles. The maximum atomic E-state index is 12.1. The number of furan rings is 1. The number of ether oxygens (including phenoxy) is 1. The van der Waals surface area contributed by atoms with Crippen molar-refractivity contribution < 1.29 is 13.9 Å². The summed E-state index contributed by atoms with van der Waals surface area (Å²) >= 11 is 5.83. The summed E-state index contributed by atoms with van der Waals surface area (Å²) in [4.78, 5) is 12.1. The van der Waals surface area contributed by atoms with Gasteiger partial charge in [-0.3, -0.25) is 4.79 Å². The molecular formula is C17H20ClNO3. The number of benzene rings is 1. The Morgan fingerprint density at radius 2 is 2.09 bits per heavy atom. The minimum atomic E-state index is -0.496. The minimum absolute atomic E-state index is 0.100. The molecule has 118 valence electrons. The first kappa shape index (κ1) is 16.4. The summed E-state index contributed by atoms with van der Waals surface area (Å²) in [5.74, 6) is 1.47. The fourth-order valence-electron chi connectivity index (χ4n) is 2.04. The van der Waals surface area contributed by atoms with Gasteiger partial charge in [-0.15, -0.1) is 0 Å². The van der Waals surface area contributed by atoms with Gasteiger partial charge in [-0.2, -0.15) is 0 Å². The summed E-state index contributed by atoms with van der Waals surface area (Å²) in [6.07, 6.45) is 3.40. The smallest absolute Gasteiger partial charge is 0.261 e. The summed E-state index contributed by atoms with van der Waals surface area (Å²) < 4.78 is 10.9. The van der Waals surface area contributed by atoms with Crippen molar-refractivity contribution in [1.29, 1.82) is 0 Å². The molecule has 0 saturated carbocycles. The molecule has 2 rings (SSSR count). The predicted molar refractivity (Wildman–Crippen MR) is 86.2 cm³/mol. The van der Waals surface area contributed by atoms with E-state index in [1.165, 1.54) is 0 Å². The summed E-state index contributed by atoms with van der Waals surface area (Å²) in [6, 6.07) is 10.8. The normalized spacial score (nSPS) is 11.9. The average Bonchev–Trinajstić information content (AvgIpc) is 3.04. The molecule has 1 heterocycles. The third-order valence-electron chi connectivity index (χ3n) is 3.23. The van der Waals surface area contributed by atoms with Gasteiger partial charge in [0.2, 0.25) is 0 Å². The van der Waals surface area contributed by atoms with E-state index in [4.69, 9.17) is 20.8 Å². The van der Waals surface area contributed by atoms with E-state index in [1.807, 2.05) is 19.1 Å². The molecule has 2 aromatic rings. The van der Waals surface area contributed by atoms with Gasteiger partial charge in [-0.05, 0) is 49.2 Å². The number of rotatable bonds is 8. The molecule has 22 heavy (non-hydrogen) atoms. The van der Waals surface area contributed by atoms with Crippen molar-refractivity contribution in [2.24, 2.45) is 0 Å². The van der Waals surface area contributed by atoms with Gasteiger partial charge in [0.1, 0.15) is 11.5 Å². The zero-order valence-electron chi connectivity index (χ0n) is 12.5. The molecule has 0 radical (unpaired) electrons. The van der Waals surface area contributed by atoms with Crippen molar-refractivity contribution in [2.45, 2.75) is 32.3 Å². The molecule has 1 aromatic carbocycles. The molecule has 0 aliphatic carbocycles. The van der Waals surface area contributed by atoms with E-state index in [1.54, 1.807) is 30.5 Å². The number of carbonyl (C=O) groups excluding carboxylic acids is 1.